The van der Waals surface area contributed by atoms with Crippen LogP contribution in [0.15, 0.2) is 30.3 Å². The van der Waals surface area contributed by atoms with Gasteiger partial charge in [0.1, 0.15) is 6.04 Å². The summed E-state index contributed by atoms with van der Waals surface area (Å²) in [5.74, 6) is -1.86. The van der Waals surface area contributed by atoms with Gasteiger partial charge in [-0.3, -0.25) is 14.4 Å². The van der Waals surface area contributed by atoms with Gasteiger partial charge in [-0.1, -0.05) is 30.3 Å². The Balaban J connectivity index is 2.56. The molecule has 1 atom stereocenters. The van der Waals surface area contributed by atoms with Gasteiger partial charge in [0.2, 0.25) is 17.7 Å². The molecular formula is C12H15N3O3. The SMILES string of the molecule is NC(=O)C[C@H](NC(=O)Cc1ccccc1)C(N)=O. The van der Waals surface area contributed by atoms with E-state index in [1.807, 2.05) is 6.07 Å². The average Bonchev–Trinajstić information content (AvgIpc) is 2.28. The van der Waals surface area contributed by atoms with Crippen LogP contribution in [0.1, 0.15) is 12.0 Å². The minimum Gasteiger partial charge on any atom is -0.370 e. The Morgan fingerprint density at radius 1 is 1.11 bits per heavy atom. The van der Waals surface area contributed by atoms with Crippen molar-refractivity contribution >= 4 is 17.7 Å². The van der Waals surface area contributed by atoms with Gasteiger partial charge in [-0.2, -0.15) is 0 Å². The lowest BCUT2D eigenvalue weighted by atomic mass is 10.1. The molecule has 6 nitrogen and oxygen atoms in total. The fourth-order valence-electron chi connectivity index (χ4n) is 1.45. The van der Waals surface area contributed by atoms with E-state index in [0.29, 0.717) is 0 Å². The van der Waals surface area contributed by atoms with Gasteiger partial charge >= 0.3 is 0 Å². The first-order valence-corrected chi connectivity index (χ1v) is 5.40. The van der Waals surface area contributed by atoms with Crippen LogP contribution in [0.25, 0.3) is 0 Å². The average molecular weight is 249 g/mol. The number of primary amides is 2. The quantitative estimate of drug-likeness (QED) is 0.605. The van der Waals surface area contributed by atoms with Gasteiger partial charge in [0, 0.05) is 0 Å². The molecule has 1 aromatic carbocycles. The van der Waals surface area contributed by atoms with Crippen molar-refractivity contribution in [3.05, 3.63) is 35.9 Å². The van der Waals surface area contributed by atoms with Crippen LogP contribution in [0.2, 0.25) is 0 Å². The van der Waals surface area contributed by atoms with E-state index in [9.17, 15) is 14.4 Å². The molecule has 1 rings (SSSR count). The minimum atomic E-state index is -1.06. The maximum atomic E-state index is 11.6. The van der Waals surface area contributed by atoms with Crippen LogP contribution in [0.5, 0.6) is 0 Å². The lowest BCUT2D eigenvalue weighted by Gasteiger charge is -2.13. The zero-order valence-electron chi connectivity index (χ0n) is 9.76. The third-order valence-corrected chi connectivity index (χ3v) is 2.29. The van der Waals surface area contributed by atoms with E-state index in [1.54, 1.807) is 24.3 Å². The topological polar surface area (TPSA) is 115 Å². The molecule has 0 spiro atoms. The van der Waals surface area contributed by atoms with Crippen molar-refractivity contribution in [2.75, 3.05) is 0 Å². The van der Waals surface area contributed by atoms with Crippen molar-refractivity contribution in [2.45, 2.75) is 18.9 Å². The van der Waals surface area contributed by atoms with E-state index in [1.165, 1.54) is 0 Å². The number of nitrogens with two attached hydrogens (primary N) is 2. The number of rotatable bonds is 6. The van der Waals surface area contributed by atoms with Gasteiger partial charge in [0.25, 0.3) is 0 Å². The van der Waals surface area contributed by atoms with E-state index in [4.69, 9.17) is 11.5 Å². The predicted octanol–water partition coefficient (Wildman–Crippen LogP) is -0.925. The van der Waals surface area contributed by atoms with E-state index >= 15 is 0 Å². The normalized spacial score (nSPS) is 11.6. The van der Waals surface area contributed by atoms with Crippen molar-refractivity contribution in [1.29, 1.82) is 0 Å². The van der Waals surface area contributed by atoms with Crippen molar-refractivity contribution in [1.82, 2.24) is 5.32 Å². The lowest BCUT2D eigenvalue weighted by Crippen LogP contribution is -2.47. The molecule has 6 heteroatoms. The Hall–Kier alpha value is -2.37. The maximum Gasteiger partial charge on any atom is 0.240 e. The Kier molecular flexibility index (Phi) is 4.86. The summed E-state index contributed by atoms with van der Waals surface area (Å²) in [6.07, 6.45) is -0.181. The second-order valence-corrected chi connectivity index (χ2v) is 3.86. The Morgan fingerprint density at radius 2 is 1.72 bits per heavy atom. The summed E-state index contributed by atoms with van der Waals surface area (Å²) in [5.41, 5.74) is 10.8. The standard InChI is InChI=1S/C12H15N3O3/c13-10(16)7-9(12(14)18)15-11(17)6-8-4-2-1-3-5-8/h1-5,9H,6-7H2,(H2,13,16)(H2,14,18)(H,15,17)/t9-/m0/s1. The number of hydrogen-bond donors (Lipinski definition) is 3. The summed E-state index contributed by atoms with van der Waals surface area (Å²) >= 11 is 0. The summed E-state index contributed by atoms with van der Waals surface area (Å²) in [4.78, 5) is 33.4. The molecule has 18 heavy (non-hydrogen) atoms. The molecule has 0 fully saturated rings. The lowest BCUT2D eigenvalue weighted by molar-refractivity contribution is -0.129. The van der Waals surface area contributed by atoms with E-state index in [-0.39, 0.29) is 18.7 Å². The molecule has 0 saturated carbocycles. The zero-order chi connectivity index (χ0) is 13.5. The third-order valence-electron chi connectivity index (χ3n) is 2.29. The number of carbonyl (C=O) groups excluding carboxylic acids is 3. The Morgan fingerprint density at radius 3 is 2.22 bits per heavy atom. The first-order chi connectivity index (χ1) is 8.49. The van der Waals surface area contributed by atoms with Crippen molar-refractivity contribution in [3.63, 3.8) is 0 Å². The zero-order valence-corrected chi connectivity index (χ0v) is 9.76. The summed E-state index contributed by atoms with van der Waals surface area (Å²) in [6.45, 7) is 0. The van der Waals surface area contributed by atoms with Crippen molar-refractivity contribution in [2.24, 2.45) is 11.5 Å². The molecule has 5 N–H and O–H groups in total. The summed E-state index contributed by atoms with van der Waals surface area (Å²) < 4.78 is 0. The van der Waals surface area contributed by atoms with E-state index in [0.717, 1.165) is 5.56 Å². The molecule has 0 unspecified atom stereocenters. The first kappa shape index (κ1) is 13.7. The van der Waals surface area contributed by atoms with E-state index in [2.05, 4.69) is 5.32 Å². The largest absolute Gasteiger partial charge is 0.370 e. The molecule has 0 saturated heterocycles. The third kappa shape index (κ3) is 4.65. The molecular weight excluding hydrogens is 234 g/mol. The number of nitrogens with one attached hydrogen (secondary N) is 1. The molecule has 3 amide bonds. The van der Waals surface area contributed by atoms with Crippen LogP contribution in [0.4, 0.5) is 0 Å². The van der Waals surface area contributed by atoms with Gasteiger partial charge in [-0.15, -0.1) is 0 Å². The summed E-state index contributed by atoms with van der Waals surface area (Å²) in [6, 6.07) is 7.95. The smallest absolute Gasteiger partial charge is 0.240 e. The molecule has 1 aromatic rings. The highest BCUT2D eigenvalue weighted by Gasteiger charge is 2.20. The van der Waals surface area contributed by atoms with Crippen LogP contribution in [0.3, 0.4) is 0 Å². The van der Waals surface area contributed by atoms with Gasteiger partial charge in [0.15, 0.2) is 0 Å². The van der Waals surface area contributed by atoms with Crippen LogP contribution < -0.4 is 16.8 Å². The highest BCUT2D eigenvalue weighted by molar-refractivity contribution is 5.91. The van der Waals surface area contributed by atoms with Crippen LogP contribution >= 0.6 is 0 Å². The van der Waals surface area contributed by atoms with Crippen LogP contribution in [-0.2, 0) is 20.8 Å². The Labute approximate surface area is 104 Å². The van der Waals surface area contributed by atoms with Crippen LogP contribution in [-0.4, -0.2) is 23.8 Å². The second-order valence-electron chi connectivity index (χ2n) is 3.86. The number of carbonyl (C=O) groups is 3. The van der Waals surface area contributed by atoms with Crippen molar-refractivity contribution < 1.29 is 14.4 Å². The number of hydrogen-bond acceptors (Lipinski definition) is 3. The highest BCUT2D eigenvalue weighted by atomic mass is 16.2. The molecule has 0 aliphatic heterocycles. The summed E-state index contributed by atoms with van der Waals surface area (Å²) in [7, 11) is 0. The van der Waals surface area contributed by atoms with E-state index < -0.39 is 17.9 Å². The number of benzene rings is 1. The van der Waals surface area contributed by atoms with Crippen LogP contribution in [0, 0.1) is 0 Å². The minimum absolute atomic E-state index is 0.114. The monoisotopic (exact) mass is 249 g/mol. The van der Waals surface area contributed by atoms with Gasteiger partial charge < -0.3 is 16.8 Å². The van der Waals surface area contributed by atoms with Gasteiger partial charge in [0.05, 0.1) is 12.8 Å². The van der Waals surface area contributed by atoms with Crippen molar-refractivity contribution in [3.8, 4) is 0 Å². The maximum absolute atomic E-state index is 11.6. The fourth-order valence-corrected chi connectivity index (χ4v) is 1.45. The first-order valence-electron chi connectivity index (χ1n) is 5.40. The summed E-state index contributed by atoms with van der Waals surface area (Å²) in [5, 5.41) is 2.38. The molecule has 0 heterocycles. The molecule has 0 radical (unpaired) electrons. The molecule has 0 bridgehead atoms. The second kappa shape index (κ2) is 6.39. The number of amides is 3. The molecule has 0 aliphatic rings. The van der Waals surface area contributed by atoms with Gasteiger partial charge in [-0.25, -0.2) is 0 Å². The Bertz CT molecular complexity index is 445. The molecule has 96 valence electrons. The van der Waals surface area contributed by atoms with Gasteiger partial charge in [-0.05, 0) is 5.56 Å². The fraction of sp³-hybridized carbons (Fsp3) is 0.250. The highest BCUT2D eigenvalue weighted by Crippen LogP contribution is 2.00. The predicted molar refractivity (Wildman–Crippen MR) is 65.1 cm³/mol. The molecule has 0 aromatic heterocycles. The molecule has 0 aliphatic carbocycles.